The molecule has 0 saturated heterocycles. The Kier molecular flexibility index (Phi) is 4.51. The first kappa shape index (κ1) is 12.2. The van der Waals surface area contributed by atoms with E-state index in [9.17, 15) is 9.59 Å². The molecule has 4 heteroatoms. The van der Waals surface area contributed by atoms with Crippen LogP contribution in [0.15, 0.2) is 24.3 Å². The van der Waals surface area contributed by atoms with Crippen LogP contribution in [0.1, 0.15) is 12.0 Å². The minimum atomic E-state index is -0.433. The number of rotatable bonds is 4. The Morgan fingerprint density at radius 2 is 1.94 bits per heavy atom. The van der Waals surface area contributed by atoms with Crippen LogP contribution in [-0.4, -0.2) is 19.0 Å². The van der Waals surface area contributed by atoms with Crippen LogP contribution in [-0.2, 0) is 20.7 Å². The van der Waals surface area contributed by atoms with E-state index in [0.717, 1.165) is 0 Å². The van der Waals surface area contributed by atoms with E-state index in [1.807, 2.05) is 0 Å². The van der Waals surface area contributed by atoms with Crippen molar-refractivity contribution in [3.8, 4) is 5.75 Å². The Hall–Kier alpha value is -1.84. The van der Waals surface area contributed by atoms with Crippen molar-refractivity contribution in [1.82, 2.24) is 0 Å². The Bertz CT molecular complexity index is 347. The third-order valence-electron chi connectivity index (χ3n) is 1.96. The quantitative estimate of drug-likeness (QED) is 0.571. The topological polar surface area (TPSA) is 52.6 Å². The first-order valence-corrected chi connectivity index (χ1v) is 4.82. The van der Waals surface area contributed by atoms with Crippen LogP contribution < -0.4 is 4.74 Å². The number of ether oxygens (including phenoxy) is 2. The minimum absolute atomic E-state index is 0.0482. The average Bonchev–Trinajstić information content (AvgIpc) is 2.31. The maximum absolute atomic E-state index is 11.1. The Balaban J connectivity index is 2.83. The Morgan fingerprint density at radius 1 is 1.25 bits per heavy atom. The molecule has 0 aliphatic heterocycles. The normalized spacial score (nSPS) is 9.62. The van der Waals surface area contributed by atoms with E-state index < -0.39 is 5.97 Å². The summed E-state index contributed by atoms with van der Waals surface area (Å²) in [6, 6.07) is 6.83. The molecule has 1 aromatic carbocycles. The van der Waals surface area contributed by atoms with E-state index in [0.29, 0.717) is 11.3 Å². The number of esters is 2. The van der Waals surface area contributed by atoms with Crippen LogP contribution in [0.5, 0.6) is 5.75 Å². The summed E-state index contributed by atoms with van der Waals surface area (Å²) in [5.41, 5.74) is 0.621. The van der Waals surface area contributed by atoms with E-state index in [1.54, 1.807) is 24.3 Å². The molecule has 0 aliphatic rings. The fourth-order valence-corrected chi connectivity index (χ4v) is 1.15. The van der Waals surface area contributed by atoms with E-state index in [4.69, 9.17) is 4.74 Å². The highest BCUT2D eigenvalue weighted by Gasteiger charge is 2.10. The summed E-state index contributed by atoms with van der Waals surface area (Å²) in [7, 11) is 1.31. The van der Waals surface area contributed by atoms with Crippen molar-refractivity contribution < 1.29 is 19.1 Å². The maximum atomic E-state index is 11.1. The largest absolute Gasteiger partial charge is 0.469 e. The lowest BCUT2D eigenvalue weighted by atomic mass is 10.1. The molecule has 1 aromatic rings. The number of hydrogen-bond acceptors (Lipinski definition) is 4. The second-order valence-electron chi connectivity index (χ2n) is 3.08. The van der Waals surface area contributed by atoms with Gasteiger partial charge in [0.25, 0.3) is 0 Å². The summed E-state index contributed by atoms with van der Waals surface area (Å²) in [5, 5.41) is 0. The molecule has 0 atom stereocenters. The molecular weight excluding hydrogens is 208 g/mol. The highest BCUT2D eigenvalue weighted by Crippen LogP contribution is 2.19. The third kappa shape index (κ3) is 3.38. The molecule has 1 radical (unpaired) electrons. The van der Waals surface area contributed by atoms with Gasteiger partial charge in [-0.25, -0.2) is 0 Å². The SMILES string of the molecule is [CH2]CC(=O)Oc1ccccc1CC(=O)OC. The van der Waals surface area contributed by atoms with Gasteiger partial charge in [0.15, 0.2) is 0 Å². The monoisotopic (exact) mass is 221 g/mol. The molecule has 1 rings (SSSR count). The number of hydrogen-bond donors (Lipinski definition) is 0. The lowest BCUT2D eigenvalue weighted by molar-refractivity contribution is -0.140. The standard InChI is InChI=1S/C12H13O4/c1-3-11(13)16-10-7-5-4-6-9(10)8-12(14)15-2/h4-7H,1,3,8H2,2H3. The molecule has 0 fully saturated rings. The Labute approximate surface area is 94.2 Å². The lowest BCUT2D eigenvalue weighted by Crippen LogP contribution is -2.10. The van der Waals surface area contributed by atoms with Gasteiger partial charge in [-0.15, -0.1) is 0 Å². The molecule has 85 valence electrons. The summed E-state index contributed by atoms with van der Waals surface area (Å²) >= 11 is 0. The molecule has 0 spiro atoms. The zero-order chi connectivity index (χ0) is 12.0. The van der Waals surface area contributed by atoms with Gasteiger partial charge >= 0.3 is 11.9 Å². The van der Waals surface area contributed by atoms with Gasteiger partial charge in [0.1, 0.15) is 5.75 Å². The molecule has 0 bridgehead atoms. The zero-order valence-corrected chi connectivity index (χ0v) is 9.06. The summed E-state index contributed by atoms with van der Waals surface area (Å²) in [5.74, 6) is -0.433. The van der Waals surface area contributed by atoms with Crippen LogP contribution in [0.2, 0.25) is 0 Å². The van der Waals surface area contributed by atoms with Crippen molar-refractivity contribution >= 4 is 11.9 Å². The van der Waals surface area contributed by atoms with Crippen LogP contribution in [0, 0.1) is 6.92 Å². The van der Waals surface area contributed by atoms with E-state index in [-0.39, 0.29) is 18.8 Å². The van der Waals surface area contributed by atoms with Crippen LogP contribution >= 0.6 is 0 Å². The zero-order valence-electron chi connectivity index (χ0n) is 9.06. The van der Waals surface area contributed by atoms with Crippen molar-refractivity contribution in [3.05, 3.63) is 36.8 Å². The first-order chi connectivity index (χ1) is 7.67. The van der Waals surface area contributed by atoms with E-state index in [2.05, 4.69) is 11.7 Å². The first-order valence-electron chi connectivity index (χ1n) is 4.82. The summed E-state index contributed by atoms with van der Waals surface area (Å²) in [6.45, 7) is 3.42. The highest BCUT2D eigenvalue weighted by molar-refractivity contribution is 5.76. The van der Waals surface area contributed by atoms with Crippen LogP contribution in [0.4, 0.5) is 0 Å². The van der Waals surface area contributed by atoms with Crippen LogP contribution in [0.25, 0.3) is 0 Å². The van der Waals surface area contributed by atoms with Crippen molar-refractivity contribution in [1.29, 1.82) is 0 Å². The van der Waals surface area contributed by atoms with E-state index in [1.165, 1.54) is 7.11 Å². The summed E-state index contributed by atoms with van der Waals surface area (Å²) in [6.07, 6.45) is 0.129. The van der Waals surface area contributed by atoms with Gasteiger partial charge in [-0.1, -0.05) is 18.2 Å². The second kappa shape index (κ2) is 5.90. The fraction of sp³-hybridized carbons (Fsp3) is 0.250. The Morgan fingerprint density at radius 3 is 2.56 bits per heavy atom. The fourth-order valence-electron chi connectivity index (χ4n) is 1.15. The molecule has 0 amide bonds. The predicted octanol–water partition coefficient (Wildman–Crippen LogP) is 1.53. The molecule has 0 N–H and O–H groups in total. The third-order valence-corrected chi connectivity index (χ3v) is 1.96. The van der Waals surface area contributed by atoms with Crippen molar-refractivity contribution in [3.63, 3.8) is 0 Å². The predicted molar refractivity (Wildman–Crippen MR) is 57.8 cm³/mol. The van der Waals surface area contributed by atoms with Gasteiger partial charge in [0, 0.05) is 12.0 Å². The highest BCUT2D eigenvalue weighted by atomic mass is 16.5. The number of benzene rings is 1. The molecule has 16 heavy (non-hydrogen) atoms. The lowest BCUT2D eigenvalue weighted by Gasteiger charge is -2.08. The molecule has 0 unspecified atom stereocenters. The average molecular weight is 221 g/mol. The van der Waals surface area contributed by atoms with Crippen molar-refractivity contribution in [2.24, 2.45) is 0 Å². The van der Waals surface area contributed by atoms with Crippen LogP contribution in [0.3, 0.4) is 0 Å². The molecular formula is C12H13O4. The van der Waals surface area contributed by atoms with Gasteiger partial charge in [-0.05, 0) is 13.0 Å². The van der Waals surface area contributed by atoms with Crippen molar-refractivity contribution in [2.45, 2.75) is 12.8 Å². The van der Waals surface area contributed by atoms with Gasteiger partial charge < -0.3 is 9.47 Å². The smallest absolute Gasteiger partial charge is 0.311 e. The van der Waals surface area contributed by atoms with Gasteiger partial charge in [0.2, 0.25) is 0 Å². The number of carbonyl (C=O) groups excluding carboxylic acids is 2. The molecule has 0 heterocycles. The molecule has 0 aromatic heterocycles. The summed E-state index contributed by atoms with van der Waals surface area (Å²) in [4.78, 5) is 22.2. The molecule has 4 nitrogen and oxygen atoms in total. The maximum Gasteiger partial charge on any atom is 0.311 e. The number of methoxy groups -OCH3 is 1. The molecule has 0 saturated carbocycles. The van der Waals surface area contributed by atoms with E-state index >= 15 is 0 Å². The van der Waals surface area contributed by atoms with Gasteiger partial charge in [-0.3, -0.25) is 9.59 Å². The van der Waals surface area contributed by atoms with Crippen molar-refractivity contribution in [2.75, 3.05) is 7.11 Å². The van der Waals surface area contributed by atoms with Gasteiger partial charge in [0.05, 0.1) is 13.5 Å². The second-order valence-corrected chi connectivity index (χ2v) is 3.08. The minimum Gasteiger partial charge on any atom is -0.469 e. The number of para-hydroxylation sites is 1. The van der Waals surface area contributed by atoms with Gasteiger partial charge in [-0.2, -0.15) is 0 Å². The molecule has 0 aliphatic carbocycles. The number of carbonyl (C=O) groups is 2. The summed E-state index contributed by atoms with van der Waals surface area (Å²) < 4.78 is 9.58.